The summed E-state index contributed by atoms with van der Waals surface area (Å²) in [5, 5.41) is 4.15. The van der Waals surface area contributed by atoms with Gasteiger partial charge >= 0.3 is 5.97 Å². The molecular formula is C23H28ClNO4S. The van der Waals surface area contributed by atoms with Crippen LogP contribution in [0.4, 0.5) is 5.00 Å². The Morgan fingerprint density at radius 2 is 1.97 bits per heavy atom. The smallest absolute Gasteiger partial charge is 0.341 e. The Kier molecular flexibility index (Phi) is 7.09. The maximum atomic E-state index is 12.9. The monoisotopic (exact) mass is 449 g/mol. The highest BCUT2D eigenvalue weighted by Gasteiger charge is 2.30. The molecule has 2 aromatic rings. The van der Waals surface area contributed by atoms with E-state index in [4.69, 9.17) is 21.1 Å². The summed E-state index contributed by atoms with van der Waals surface area (Å²) in [7, 11) is 0. The zero-order valence-electron chi connectivity index (χ0n) is 18.1. The normalized spacial score (nSPS) is 16.5. The van der Waals surface area contributed by atoms with Crippen LogP contribution in [-0.2, 0) is 22.4 Å². The predicted octanol–water partition coefficient (Wildman–Crippen LogP) is 5.73. The molecule has 0 saturated carbocycles. The fraction of sp³-hybridized carbons (Fsp3) is 0.478. The number of carbonyl (C=O) groups excluding carboxylic acids is 2. The van der Waals surface area contributed by atoms with E-state index in [-0.39, 0.29) is 11.9 Å². The number of rotatable bonds is 6. The molecule has 3 rings (SSSR count). The van der Waals surface area contributed by atoms with Gasteiger partial charge in [0.05, 0.1) is 12.2 Å². The van der Waals surface area contributed by atoms with Crippen molar-refractivity contribution < 1.29 is 19.1 Å². The van der Waals surface area contributed by atoms with Crippen LogP contribution in [0.1, 0.15) is 59.1 Å². The lowest BCUT2D eigenvalue weighted by molar-refractivity contribution is -0.122. The molecule has 5 nitrogen and oxygen atoms in total. The van der Waals surface area contributed by atoms with Crippen LogP contribution in [0.5, 0.6) is 5.75 Å². The fourth-order valence-electron chi connectivity index (χ4n) is 3.70. The summed E-state index contributed by atoms with van der Waals surface area (Å²) in [5.74, 6) is 0.463. The second kappa shape index (κ2) is 9.40. The molecule has 1 aromatic heterocycles. The Balaban J connectivity index is 1.81. The van der Waals surface area contributed by atoms with Crippen LogP contribution in [-0.4, -0.2) is 24.6 Å². The van der Waals surface area contributed by atoms with Crippen LogP contribution < -0.4 is 10.1 Å². The minimum absolute atomic E-state index is 0.294. The lowest BCUT2D eigenvalue weighted by atomic mass is 9.88. The zero-order chi connectivity index (χ0) is 22.0. The standard InChI is InChI=1S/C23H28ClNO4S/c1-6-28-23(27)19-17-8-7-12(2)9-18(17)30-22(19)25-21(26)15(5)29-16-10-13(3)20(24)14(4)11-16/h10-12,15H,6-9H2,1-5H3,(H,25,26). The lowest BCUT2D eigenvalue weighted by Crippen LogP contribution is -2.30. The minimum Gasteiger partial charge on any atom is -0.481 e. The van der Waals surface area contributed by atoms with E-state index in [1.54, 1.807) is 13.8 Å². The summed E-state index contributed by atoms with van der Waals surface area (Å²) in [6.45, 7) is 9.77. The van der Waals surface area contributed by atoms with Crippen LogP contribution in [0.2, 0.25) is 5.02 Å². The van der Waals surface area contributed by atoms with Crippen molar-refractivity contribution in [2.24, 2.45) is 5.92 Å². The summed E-state index contributed by atoms with van der Waals surface area (Å²) in [5.41, 5.74) is 3.31. The second-order valence-electron chi connectivity index (χ2n) is 7.90. The van der Waals surface area contributed by atoms with E-state index in [0.717, 1.165) is 40.8 Å². The maximum absolute atomic E-state index is 12.9. The molecule has 2 unspecified atom stereocenters. The minimum atomic E-state index is -0.738. The molecule has 0 saturated heterocycles. The van der Waals surface area contributed by atoms with E-state index in [9.17, 15) is 9.59 Å². The number of hydrogen-bond acceptors (Lipinski definition) is 5. The van der Waals surface area contributed by atoms with Gasteiger partial charge in [0.1, 0.15) is 10.8 Å². The van der Waals surface area contributed by atoms with Crippen molar-refractivity contribution >= 4 is 39.8 Å². The molecule has 1 aliphatic rings. The van der Waals surface area contributed by atoms with E-state index in [0.29, 0.717) is 33.9 Å². The fourth-order valence-corrected chi connectivity index (χ4v) is 5.21. The molecule has 1 aliphatic carbocycles. The average molecular weight is 450 g/mol. The first-order chi connectivity index (χ1) is 14.2. The number of nitrogens with one attached hydrogen (secondary N) is 1. The van der Waals surface area contributed by atoms with Gasteiger partial charge in [0, 0.05) is 9.90 Å². The van der Waals surface area contributed by atoms with Gasteiger partial charge in [0.15, 0.2) is 6.10 Å². The summed E-state index contributed by atoms with van der Waals surface area (Å²) in [4.78, 5) is 26.6. The average Bonchev–Trinajstić information content (AvgIpc) is 3.02. The third kappa shape index (κ3) is 4.81. The van der Waals surface area contributed by atoms with Crippen LogP contribution in [0.15, 0.2) is 12.1 Å². The highest BCUT2D eigenvalue weighted by atomic mass is 35.5. The quantitative estimate of drug-likeness (QED) is 0.572. The maximum Gasteiger partial charge on any atom is 0.341 e. The van der Waals surface area contributed by atoms with Gasteiger partial charge < -0.3 is 14.8 Å². The lowest BCUT2D eigenvalue weighted by Gasteiger charge is -2.18. The van der Waals surface area contributed by atoms with Crippen molar-refractivity contribution in [1.82, 2.24) is 0 Å². The van der Waals surface area contributed by atoms with E-state index in [1.165, 1.54) is 11.3 Å². The predicted molar refractivity (Wildman–Crippen MR) is 121 cm³/mol. The molecule has 0 radical (unpaired) electrons. The highest BCUT2D eigenvalue weighted by molar-refractivity contribution is 7.17. The number of fused-ring (bicyclic) bond motifs is 1. The number of benzene rings is 1. The van der Waals surface area contributed by atoms with Gasteiger partial charge in [-0.1, -0.05) is 18.5 Å². The molecule has 1 amide bonds. The number of anilines is 1. The molecule has 1 heterocycles. The van der Waals surface area contributed by atoms with Crippen LogP contribution >= 0.6 is 22.9 Å². The van der Waals surface area contributed by atoms with E-state index in [2.05, 4.69) is 12.2 Å². The van der Waals surface area contributed by atoms with Crippen molar-refractivity contribution in [3.8, 4) is 5.75 Å². The number of ether oxygens (including phenoxy) is 2. The molecule has 0 bridgehead atoms. The molecule has 2 atom stereocenters. The van der Waals surface area contributed by atoms with E-state index >= 15 is 0 Å². The Labute approximate surface area is 186 Å². The highest BCUT2D eigenvalue weighted by Crippen LogP contribution is 2.40. The number of aryl methyl sites for hydroxylation is 2. The third-order valence-electron chi connectivity index (χ3n) is 5.32. The first-order valence-electron chi connectivity index (χ1n) is 10.3. The molecular weight excluding hydrogens is 422 g/mol. The van der Waals surface area contributed by atoms with Gasteiger partial charge in [-0.15, -0.1) is 11.3 Å². The molecule has 0 aliphatic heterocycles. The van der Waals surface area contributed by atoms with E-state index in [1.807, 2.05) is 26.0 Å². The number of esters is 1. The van der Waals surface area contributed by atoms with Crippen LogP contribution in [0.25, 0.3) is 0 Å². The zero-order valence-corrected chi connectivity index (χ0v) is 19.6. The van der Waals surface area contributed by atoms with Crippen LogP contribution in [0, 0.1) is 19.8 Å². The number of amides is 1. The van der Waals surface area contributed by atoms with Gasteiger partial charge in [0.25, 0.3) is 5.91 Å². The molecule has 1 N–H and O–H groups in total. The van der Waals surface area contributed by atoms with Crippen molar-refractivity contribution in [2.45, 2.75) is 60.0 Å². The van der Waals surface area contributed by atoms with Gasteiger partial charge in [-0.05, 0) is 81.7 Å². The number of hydrogen-bond donors (Lipinski definition) is 1. The molecule has 0 fully saturated rings. The summed E-state index contributed by atoms with van der Waals surface area (Å²) >= 11 is 7.68. The topological polar surface area (TPSA) is 64.6 Å². The SMILES string of the molecule is CCOC(=O)c1c(NC(=O)C(C)Oc2cc(C)c(Cl)c(C)c2)sc2c1CCC(C)C2. The molecule has 7 heteroatoms. The van der Waals surface area contributed by atoms with Gasteiger partial charge in [-0.2, -0.15) is 0 Å². The summed E-state index contributed by atoms with van der Waals surface area (Å²) < 4.78 is 11.1. The Morgan fingerprint density at radius 3 is 2.60 bits per heavy atom. The van der Waals surface area contributed by atoms with Crippen molar-refractivity contribution in [3.63, 3.8) is 0 Å². The number of thiophene rings is 1. The molecule has 30 heavy (non-hydrogen) atoms. The molecule has 1 aromatic carbocycles. The van der Waals surface area contributed by atoms with Crippen LogP contribution in [0.3, 0.4) is 0 Å². The third-order valence-corrected chi connectivity index (χ3v) is 7.09. The summed E-state index contributed by atoms with van der Waals surface area (Å²) in [6, 6.07) is 3.63. The van der Waals surface area contributed by atoms with Crippen molar-refractivity contribution in [2.75, 3.05) is 11.9 Å². The van der Waals surface area contributed by atoms with Gasteiger partial charge in [-0.3, -0.25) is 4.79 Å². The summed E-state index contributed by atoms with van der Waals surface area (Å²) in [6.07, 6.45) is 2.03. The van der Waals surface area contributed by atoms with Crippen molar-refractivity contribution in [3.05, 3.63) is 44.3 Å². The van der Waals surface area contributed by atoms with Gasteiger partial charge in [0.2, 0.25) is 0 Å². The molecule has 162 valence electrons. The first kappa shape index (κ1) is 22.6. The largest absolute Gasteiger partial charge is 0.481 e. The van der Waals surface area contributed by atoms with Gasteiger partial charge in [-0.25, -0.2) is 4.79 Å². The molecule has 0 spiro atoms. The number of carbonyl (C=O) groups is 2. The first-order valence-corrected chi connectivity index (χ1v) is 11.5. The Hall–Kier alpha value is -2.05. The Morgan fingerprint density at radius 1 is 1.30 bits per heavy atom. The van der Waals surface area contributed by atoms with E-state index < -0.39 is 6.10 Å². The Bertz CT molecular complexity index is 945. The van der Waals surface area contributed by atoms with Crippen molar-refractivity contribution in [1.29, 1.82) is 0 Å². The second-order valence-corrected chi connectivity index (χ2v) is 9.38. The number of halogens is 1.